The van der Waals surface area contributed by atoms with Crippen LogP contribution in [0, 0.1) is 19.3 Å². The average molecular weight is 462 g/mol. The molecule has 2 rings (SSSR count). The molecule has 2 aromatic carbocycles. The Balaban J connectivity index is 0.000000553. The predicted molar refractivity (Wildman–Crippen MR) is 113 cm³/mol. The zero-order valence-corrected chi connectivity index (χ0v) is 18.4. The lowest BCUT2D eigenvalue weighted by molar-refractivity contribution is -0.136. The number of hydrogen-bond donors (Lipinski definition) is 8. The van der Waals surface area contributed by atoms with Crippen molar-refractivity contribution >= 4 is 17.2 Å². The normalized spacial score (nSPS) is 12.1. The van der Waals surface area contributed by atoms with Gasteiger partial charge >= 0.3 is 17.2 Å². The highest BCUT2D eigenvalue weighted by Gasteiger charge is 2.52. The summed E-state index contributed by atoms with van der Waals surface area (Å²) >= 11 is 0. The van der Waals surface area contributed by atoms with E-state index in [2.05, 4.69) is 4.31 Å². The van der Waals surface area contributed by atoms with Crippen LogP contribution in [0.25, 0.3) is 0 Å². The molecule has 0 unspecified atom stereocenters. The largest absolute Gasteiger partial charge is 0.395 e. The van der Waals surface area contributed by atoms with Gasteiger partial charge in [0.15, 0.2) is 0 Å². The third-order valence-electron chi connectivity index (χ3n) is 4.69. The van der Waals surface area contributed by atoms with Crippen molar-refractivity contribution in [2.75, 3.05) is 19.8 Å². The molecule has 30 heavy (non-hydrogen) atoms. The zero-order chi connectivity index (χ0) is 22.9. The number of aliphatic hydroxyl groups excluding tert-OH is 3. The van der Waals surface area contributed by atoms with Crippen LogP contribution in [0.15, 0.2) is 48.5 Å². The molecule has 0 spiro atoms. The van der Waals surface area contributed by atoms with Crippen LogP contribution < -0.4 is 0 Å². The maximum absolute atomic E-state index is 11.6. The molecular formula is C19H28O9P2. The van der Waals surface area contributed by atoms with Gasteiger partial charge in [-0.25, -0.2) is 4.31 Å². The van der Waals surface area contributed by atoms with Gasteiger partial charge in [0.25, 0.3) is 0 Å². The van der Waals surface area contributed by atoms with Gasteiger partial charge in [0.05, 0.1) is 25.2 Å². The van der Waals surface area contributed by atoms with E-state index in [4.69, 9.17) is 19.6 Å². The summed E-state index contributed by atoms with van der Waals surface area (Å²) in [5.41, 5.74) is -0.286. The van der Waals surface area contributed by atoms with Crippen LogP contribution in [0.4, 0.5) is 0 Å². The summed E-state index contributed by atoms with van der Waals surface area (Å²) in [6.45, 7) is 2.13. The first-order valence-electron chi connectivity index (χ1n) is 8.79. The van der Waals surface area contributed by atoms with Gasteiger partial charge in [0.2, 0.25) is 0 Å². The Morgan fingerprint density at radius 2 is 1.10 bits per heavy atom. The van der Waals surface area contributed by atoms with E-state index in [0.29, 0.717) is 11.1 Å². The molecule has 0 saturated heterocycles. The molecule has 0 atom stereocenters. The molecule has 0 aliphatic heterocycles. The lowest BCUT2D eigenvalue weighted by Gasteiger charge is -2.45. The van der Waals surface area contributed by atoms with Gasteiger partial charge in [-0.15, -0.1) is 0 Å². The average Bonchev–Trinajstić information content (AvgIpc) is 2.69. The minimum atomic E-state index is -2.61. The second kappa shape index (κ2) is 12.1. The second-order valence-corrected chi connectivity index (χ2v) is 8.46. The van der Waals surface area contributed by atoms with Crippen LogP contribution in [0.5, 0.6) is 0 Å². The van der Waals surface area contributed by atoms with E-state index < -0.39 is 48.0 Å². The summed E-state index contributed by atoms with van der Waals surface area (Å²) in [5.74, 6) is 0. The summed E-state index contributed by atoms with van der Waals surface area (Å²) in [5, 5.41) is 41.3. The lowest BCUT2D eigenvalue weighted by Crippen LogP contribution is -2.54. The van der Waals surface area contributed by atoms with Crippen molar-refractivity contribution in [2.24, 2.45) is 5.41 Å². The summed E-state index contributed by atoms with van der Waals surface area (Å²) in [6.07, 6.45) is 0. The first-order valence-corrected chi connectivity index (χ1v) is 11.1. The number of benzene rings is 2. The van der Waals surface area contributed by atoms with Gasteiger partial charge in [0.1, 0.15) is 5.60 Å². The Morgan fingerprint density at radius 3 is 1.33 bits per heavy atom. The third-order valence-corrected chi connectivity index (χ3v) is 5.86. The molecular weight excluding hydrogens is 434 g/mol. The van der Waals surface area contributed by atoms with E-state index in [-0.39, 0.29) is 0 Å². The van der Waals surface area contributed by atoms with Crippen LogP contribution in [0.3, 0.4) is 0 Å². The van der Waals surface area contributed by atoms with Crippen molar-refractivity contribution in [1.82, 2.24) is 0 Å². The van der Waals surface area contributed by atoms with E-state index >= 15 is 0 Å². The first-order chi connectivity index (χ1) is 14.1. The second-order valence-electron chi connectivity index (χ2n) is 6.79. The van der Waals surface area contributed by atoms with Gasteiger partial charge in [-0.05, 0) is 25.0 Å². The van der Waals surface area contributed by atoms with Crippen LogP contribution in [-0.2, 0) is 9.91 Å². The molecule has 0 heterocycles. The zero-order valence-electron chi connectivity index (χ0n) is 16.6. The summed E-state index contributed by atoms with van der Waals surface area (Å²) in [6, 6.07) is 14.5. The molecule has 168 valence electrons. The number of aliphatic hydroxyl groups is 4. The van der Waals surface area contributed by atoms with E-state index in [1.165, 1.54) is 0 Å². The molecule has 0 amide bonds. The molecule has 0 saturated carbocycles. The molecule has 11 heteroatoms. The Kier molecular flexibility index (Phi) is 10.9. The Bertz CT molecular complexity index is 722. The molecule has 9 nitrogen and oxygen atoms in total. The van der Waals surface area contributed by atoms with Gasteiger partial charge in [-0.2, -0.15) is 0 Å². The standard InChI is InChI=1S/C19H24O4.H4O5P2/c1-14-5-3-7-16(9-14)19(23,18(11-20,12-21)13-22)17-8-4-6-15(2)10-17;1-6(2)5-7(3)4/h3-10,20-23H,11-13H2,1-2H3;1-4H. The maximum Gasteiger partial charge on any atom is 0.334 e. The van der Waals surface area contributed by atoms with Crippen LogP contribution in [0.1, 0.15) is 22.3 Å². The van der Waals surface area contributed by atoms with E-state index in [0.717, 1.165) is 11.1 Å². The number of rotatable bonds is 8. The van der Waals surface area contributed by atoms with Crippen molar-refractivity contribution < 1.29 is 44.3 Å². The van der Waals surface area contributed by atoms with Crippen molar-refractivity contribution in [3.63, 3.8) is 0 Å². The minimum absolute atomic E-state index is 0.528. The Hall–Kier alpha value is -1.06. The molecule has 0 fully saturated rings. The fourth-order valence-electron chi connectivity index (χ4n) is 3.08. The fraction of sp³-hybridized carbons (Fsp3) is 0.368. The SMILES string of the molecule is Cc1cccc(C(O)(c2cccc(C)c2)C(CO)(CO)CO)c1.OP(O)OP(O)O. The van der Waals surface area contributed by atoms with Crippen molar-refractivity contribution in [3.05, 3.63) is 70.8 Å². The lowest BCUT2D eigenvalue weighted by atomic mass is 9.65. The third kappa shape index (κ3) is 6.47. The highest BCUT2D eigenvalue weighted by Crippen LogP contribution is 2.45. The molecule has 0 aliphatic carbocycles. The topological polar surface area (TPSA) is 171 Å². The summed E-state index contributed by atoms with van der Waals surface area (Å²) in [7, 11) is -5.22. The van der Waals surface area contributed by atoms with Crippen LogP contribution in [0.2, 0.25) is 0 Å². The molecule has 0 radical (unpaired) electrons. The Morgan fingerprint density at radius 1 is 0.733 bits per heavy atom. The summed E-state index contributed by atoms with van der Waals surface area (Å²) < 4.78 is 3.60. The van der Waals surface area contributed by atoms with E-state index in [1.54, 1.807) is 24.3 Å². The van der Waals surface area contributed by atoms with Gasteiger partial charge in [0, 0.05) is 0 Å². The molecule has 8 N–H and O–H groups in total. The monoisotopic (exact) mass is 462 g/mol. The van der Waals surface area contributed by atoms with Gasteiger partial charge in [-0.1, -0.05) is 59.7 Å². The summed E-state index contributed by atoms with van der Waals surface area (Å²) in [4.78, 5) is 31.3. The number of aryl methyl sites for hydroxylation is 2. The van der Waals surface area contributed by atoms with Crippen LogP contribution >= 0.6 is 17.2 Å². The highest BCUT2D eigenvalue weighted by atomic mass is 31.2. The van der Waals surface area contributed by atoms with E-state index in [1.807, 2.05) is 38.1 Å². The first kappa shape index (κ1) is 27.0. The minimum Gasteiger partial charge on any atom is -0.395 e. The maximum atomic E-state index is 11.6. The molecule has 0 aliphatic rings. The van der Waals surface area contributed by atoms with E-state index in [9.17, 15) is 20.4 Å². The Labute approximate surface area is 177 Å². The smallest absolute Gasteiger partial charge is 0.334 e. The van der Waals surface area contributed by atoms with Gasteiger partial charge in [-0.3, -0.25) is 0 Å². The molecule has 0 aromatic heterocycles. The molecule has 0 bridgehead atoms. The van der Waals surface area contributed by atoms with Crippen LogP contribution in [-0.4, -0.2) is 59.8 Å². The predicted octanol–water partition coefficient (Wildman–Crippen LogP) is 0.929. The van der Waals surface area contributed by atoms with Crippen molar-refractivity contribution in [1.29, 1.82) is 0 Å². The van der Waals surface area contributed by atoms with Gasteiger partial charge < -0.3 is 40.0 Å². The van der Waals surface area contributed by atoms with Crippen molar-refractivity contribution in [2.45, 2.75) is 19.4 Å². The highest BCUT2D eigenvalue weighted by molar-refractivity contribution is 7.53. The van der Waals surface area contributed by atoms with Crippen molar-refractivity contribution in [3.8, 4) is 0 Å². The fourth-order valence-corrected chi connectivity index (χ4v) is 3.60. The number of hydrogen-bond acceptors (Lipinski definition) is 9. The molecule has 2 aromatic rings. The quantitative estimate of drug-likeness (QED) is 0.266.